The molecule has 0 saturated carbocycles. The summed E-state index contributed by atoms with van der Waals surface area (Å²) in [5.74, 6) is -4.13. The van der Waals surface area contributed by atoms with Crippen molar-refractivity contribution in [2.75, 3.05) is 27.3 Å². The quantitative estimate of drug-likeness (QED) is 0.683. The third-order valence-electron chi connectivity index (χ3n) is 2.71. The summed E-state index contributed by atoms with van der Waals surface area (Å²) in [4.78, 5) is 11.1. The minimum atomic E-state index is -4.20. The van der Waals surface area contributed by atoms with Crippen molar-refractivity contribution in [3.05, 3.63) is 23.8 Å². The molecule has 23 heavy (non-hydrogen) atoms. The number of nitrogens with two attached hydrogens (primary N) is 1. The van der Waals surface area contributed by atoms with Crippen LogP contribution in [0, 0.1) is 0 Å². The van der Waals surface area contributed by atoms with Crippen molar-refractivity contribution >= 4 is 28.4 Å². The van der Waals surface area contributed by atoms with Gasteiger partial charge in [0, 0.05) is 6.07 Å². The molecule has 0 radical (unpaired) electrons. The van der Waals surface area contributed by atoms with E-state index in [4.69, 9.17) is 10.5 Å². The second-order valence-electron chi connectivity index (χ2n) is 4.24. The number of carbonyl (C=O) groups is 1. The SMILES string of the molecule is COC(=O)c1ccc(S(=O)(=O)NCC(F)(F)CN)cc1OC.Cl. The first-order valence-electron chi connectivity index (χ1n) is 6.01. The Hall–Kier alpha value is -1.49. The molecule has 0 aliphatic heterocycles. The number of benzene rings is 1. The monoisotopic (exact) mass is 374 g/mol. The van der Waals surface area contributed by atoms with Crippen LogP contribution < -0.4 is 15.2 Å². The Balaban J connectivity index is 0.00000484. The van der Waals surface area contributed by atoms with Gasteiger partial charge >= 0.3 is 5.97 Å². The second kappa shape index (κ2) is 8.39. The van der Waals surface area contributed by atoms with Gasteiger partial charge in [0.1, 0.15) is 11.3 Å². The van der Waals surface area contributed by atoms with Crippen molar-refractivity contribution < 1.29 is 31.5 Å². The van der Waals surface area contributed by atoms with Crippen LogP contribution >= 0.6 is 12.4 Å². The Kier molecular flexibility index (Phi) is 7.84. The minimum Gasteiger partial charge on any atom is -0.496 e. The third kappa shape index (κ3) is 5.57. The predicted octanol–water partition coefficient (Wildman–Crippen LogP) is 0.776. The van der Waals surface area contributed by atoms with Gasteiger partial charge in [-0.2, -0.15) is 0 Å². The van der Waals surface area contributed by atoms with Crippen LogP contribution in [0.1, 0.15) is 10.4 Å². The molecule has 0 fully saturated rings. The molecule has 0 atom stereocenters. The lowest BCUT2D eigenvalue weighted by atomic mass is 10.2. The fourth-order valence-electron chi connectivity index (χ4n) is 1.47. The zero-order valence-corrected chi connectivity index (χ0v) is 14.0. The van der Waals surface area contributed by atoms with Crippen LogP contribution in [0.5, 0.6) is 5.75 Å². The van der Waals surface area contributed by atoms with E-state index in [0.717, 1.165) is 19.2 Å². The summed E-state index contributed by atoms with van der Waals surface area (Å²) >= 11 is 0. The number of methoxy groups -OCH3 is 2. The lowest BCUT2D eigenvalue weighted by molar-refractivity contribution is 0.0170. The van der Waals surface area contributed by atoms with Crippen LogP contribution in [0.15, 0.2) is 23.1 Å². The molecule has 0 heterocycles. The number of carbonyl (C=O) groups excluding carboxylic acids is 1. The van der Waals surface area contributed by atoms with Gasteiger partial charge in [-0.3, -0.25) is 0 Å². The highest BCUT2D eigenvalue weighted by molar-refractivity contribution is 7.89. The second-order valence-corrected chi connectivity index (χ2v) is 6.01. The molecule has 11 heteroatoms. The van der Waals surface area contributed by atoms with Crippen LogP contribution in [0.3, 0.4) is 0 Å². The zero-order valence-electron chi connectivity index (χ0n) is 12.3. The highest BCUT2D eigenvalue weighted by atomic mass is 35.5. The Morgan fingerprint density at radius 3 is 2.43 bits per heavy atom. The van der Waals surface area contributed by atoms with Crippen LogP contribution in [-0.4, -0.2) is 47.6 Å². The van der Waals surface area contributed by atoms with Gasteiger partial charge < -0.3 is 15.2 Å². The van der Waals surface area contributed by atoms with Gasteiger partial charge in [-0.05, 0) is 12.1 Å². The molecule has 0 spiro atoms. The van der Waals surface area contributed by atoms with Crippen molar-refractivity contribution in [3.63, 3.8) is 0 Å². The van der Waals surface area contributed by atoms with E-state index in [0.29, 0.717) is 0 Å². The Morgan fingerprint density at radius 1 is 1.35 bits per heavy atom. The lowest BCUT2D eigenvalue weighted by Crippen LogP contribution is -2.41. The van der Waals surface area contributed by atoms with Crippen molar-refractivity contribution in [1.82, 2.24) is 4.72 Å². The van der Waals surface area contributed by atoms with Crippen LogP contribution in [0.25, 0.3) is 0 Å². The normalized spacial score (nSPS) is 11.5. The molecule has 1 rings (SSSR count). The maximum Gasteiger partial charge on any atom is 0.341 e. The average Bonchev–Trinajstić information content (AvgIpc) is 2.51. The molecule has 0 saturated heterocycles. The number of alkyl halides is 2. The smallest absolute Gasteiger partial charge is 0.341 e. The first-order chi connectivity index (χ1) is 10.2. The molecular formula is C12H17ClF2N2O5S. The number of hydrogen-bond donors (Lipinski definition) is 2. The molecule has 0 aliphatic carbocycles. The van der Waals surface area contributed by atoms with E-state index in [9.17, 15) is 22.0 Å². The summed E-state index contributed by atoms with van der Waals surface area (Å²) in [6, 6.07) is 3.28. The Labute approximate surface area is 138 Å². The van der Waals surface area contributed by atoms with Crippen molar-refractivity contribution in [1.29, 1.82) is 0 Å². The Bertz CT molecular complexity index is 655. The summed E-state index contributed by atoms with van der Waals surface area (Å²) in [6.45, 7) is -2.12. The number of sulfonamides is 1. The first-order valence-corrected chi connectivity index (χ1v) is 7.49. The molecule has 1 aromatic carbocycles. The number of rotatable bonds is 7. The molecule has 3 N–H and O–H groups in total. The molecule has 132 valence electrons. The average molecular weight is 375 g/mol. The van der Waals surface area contributed by atoms with Crippen LogP contribution in [0.4, 0.5) is 8.78 Å². The fraction of sp³-hybridized carbons (Fsp3) is 0.417. The van der Waals surface area contributed by atoms with Gasteiger partial charge in [0.15, 0.2) is 0 Å². The molecule has 0 aliphatic rings. The van der Waals surface area contributed by atoms with Crippen LogP contribution in [0.2, 0.25) is 0 Å². The summed E-state index contributed by atoms with van der Waals surface area (Å²) in [5, 5.41) is 0. The number of nitrogens with one attached hydrogen (secondary N) is 1. The van der Waals surface area contributed by atoms with Crippen molar-refractivity contribution in [2.24, 2.45) is 5.73 Å². The van der Waals surface area contributed by atoms with Gasteiger partial charge in [0.25, 0.3) is 5.92 Å². The third-order valence-corrected chi connectivity index (χ3v) is 4.11. The van der Waals surface area contributed by atoms with Gasteiger partial charge in [0.2, 0.25) is 10.0 Å². The minimum absolute atomic E-state index is 0. The van der Waals surface area contributed by atoms with Gasteiger partial charge in [-0.25, -0.2) is 26.7 Å². The number of ether oxygens (including phenoxy) is 2. The summed E-state index contributed by atoms with van der Waals surface area (Å²) < 4.78 is 61.1. The van der Waals surface area contributed by atoms with Crippen molar-refractivity contribution in [2.45, 2.75) is 10.8 Å². The largest absolute Gasteiger partial charge is 0.496 e. The molecule has 0 aromatic heterocycles. The topological polar surface area (TPSA) is 108 Å². The number of hydrogen-bond acceptors (Lipinski definition) is 6. The maximum atomic E-state index is 13.0. The van der Waals surface area contributed by atoms with E-state index in [1.807, 2.05) is 0 Å². The standard InChI is InChI=1S/C12H16F2N2O5S.ClH/c1-20-10-5-8(3-4-9(10)11(17)21-2)22(18,19)16-7-12(13,14)6-15;/h3-5,16H,6-7,15H2,1-2H3;1H. The van der Waals surface area contributed by atoms with Crippen molar-refractivity contribution in [3.8, 4) is 5.75 Å². The van der Waals surface area contributed by atoms with E-state index in [1.54, 1.807) is 4.72 Å². The molecule has 1 aromatic rings. The fourth-order valence-corrected chi connectivity index (χ4v) is 2.55. The molecule has 7 nitrogen and oxygen atoms in total. The van der Waals surface area contributed by atoms with E-state index < -0.39 is 35.0 Å². The van der Waals surface area contributed by atoms with Gasteiger partial charge in [-0.15, -0.1) is 12.4 Å². The van der Waals surface area contributed by atoms with E-state index in [-0.39, 0.29) is 28.6 Å². The maximum absolute atomic E-state index is 13.0. The van der Waals surface area contributed by atoms with E-state index in [2.05, 4.69) is 4.74 Å². The Morgan fingerprint density at radius 2 is 1.96 bits per heavy atom. The molecule has 0 unspecified atom stereocenters. The first kappa shape index (κ1) is 21.5. The number of esters is 1. The highest BCUT2D eigenvalue weighted by Gasteiger charge is 2.29. The lowest BCUT2D eigenvalue weighted by Gasteiger charge is -2.15. The highest BCUT2D eigenvalue weighted by Crippen LogP contribution is 2.24. The predicted molar refractivity (Wildman–Crippen MR) is 80.8 cm³/mol. The summed E-state index contributed by atoms with van der Waals surface area (Å²) in [6.07, 6.45) is 0. The molecule has 0 bridgehead atoms. The van der Waals surface area contributed by atoms with Gasteiger partial charge in [0.05, 0.1) is 32.2 Å². The zero-order chi connectivity index (χ0) is 17.0. The molecular weight excluding hydrogens is 358 g/mol. The van der Waals surface area contributed by atoms with Crippen LogP contribution in [-0.2, 0) is 14.8 Å². The summed E-state index contributed by atoms with van der Waals surface area (Å²) in [7, 11) is -1.82. The molecule has 0 amide bonds. The van der Waals surface area contributed by atoms with E-state index >= 15 is 0 Å². The van der Waals surface area contributed by atoms with E-state index in [1.165, 1.54) is 13.2 Å². The number of halogens is 3. The van der Waals surface area contributed by atoms with Gasteiger partial charge in [-0.1, -0.05) is 0 Å². The summed E-state index contributed by atoms with van der Waals surface area (Å²) in [5.41, 5.74) is 4.84.